The Hall–Kier alpha value is -4.50. The van der Waals surface area contributed by atoms with E-state index in [1.54, 1.807) is 25.1 Å². The number of carbonyl (C=O) groups is 2. The maximum absolute atomic E-state index is 15.1. The van der Waals surface area contributed by atoms with Crippen LogP contribution in [0.1, 0.15) is 23.6 Å². The minimum absolute atomic E-state index is 0.0459. The molecule has 4 aromatic rings. The molecule has 42 heavy (non-hydrogen) atoms. The number of amides is 2. The van der Waals surface area contributed by atoms with Crippen molar-refractivity contribution in [3.05, 3.63) is 132 Å². The molecule has 0 radical (unpaired) electrons. The number of anilines is 1. The topological polar surface area (TPSA) is 86.8 Å². The second-order valence-electron chi connectivity index (χ2n) is 9.88. The minimum Gasteiger partial charge on any atom is -0.355 e. The standard InChI is InChI=1S/C33H34FN3O4S/c1-3-35-33(39)31(22-26-12-6-4-7-13-26)36(23-27-20-18-25(2)19-21-27)32(38)24-37(30-17-11-10-16-29(30)34)42(40,41)28-14-8-5-9-15-28/h4-21,31H,3,22-24H2,1-2H3,(H,35,39). The molecule has 0 fully saturated rings. The van der Waals surface area contributed by atoms with E-state index in [0.29, 0.717) is 6.54 Å². The number of likely N-dealkylation sites (N-methyl/N-ethyl adjacent to an activating group) is 1. The number of hydrogen-bond acceptors (Lipinski definition) is 4. The van der Waals surface area contributed by atoms with Gasteiger partial charge in [-0.05, 0) is 49.2 Å². The lowest BCUT2D eigenvalue weighted by molar-refractivity contribution is -0.140. The number of rotatable bonds is 12. The summed E-state index contributed by atoms with van der Waals surface area (Å²) in [6.45, 7) is 3.41. The summed E-state index contributed by atoms with van der Waals surface area (Å²) in [5.74, 6) is -1.81. The van der Waals surface area contributed by atoms with E-state index in [-0.39, 0.29) is 29.5 Å². The fraction of sp³-hybridized carbons (Fsp3) is 0.212. The number of nitrogens with one attached hydrogen (secondary N) is 1. The van der Waals surface area contributed by atoms with Crippen molar-refractivity contribution in [3.63, 3.8) is 0 Å². The lowest BCUT2D eigenvalue weighted by atomic mass is 10.0. The molecular formula is C33H34FN3O4S. The lowest BCUT2D eigenvalue weighted by Crippen LogP contribution is -2.53. The Morgan fingerprint density at radius 3 is 2.02 bits per heavy atom. The van der Waals surface area contributed by atoms with Crippen LogP contribution in [0, 0.1) is 12.7 Å². The summed E-state index contributed by atoms with van der Waals surface area (Å²) in [5, 5.41) is 2.82. The van der Waals surface area contributed by atoms with E-state index in [4.69, 9.17) is 0 Å². The third-order valence-corrected chi connectivity index (χ3v) is 8.60. The molecule has 7 nitrogen and oxygen atoms in total. The van der Waals surface area contributed by atoms with E-state index in [1.807, 2.05) is 61.5 Å². The zero-order valence-electron chi connectivity index (χ0n) is 23.6. The molecule has 1 unspecified atom stereocenters. The smallest absolute Gasteiger partial charge is 0.264 e. The fourth-order valence-electron chi connectivity index (χ4n) is 4.62. The van der Waals surface area contributed by atoms with Crippen molar-refractivity contribution in [1.29, 1.82) is 0 Å². The molecule has 2 amide bonds. The van der Waals surface area contributed by atoms with Crippen LogP contribution in [0.25, 0.3) is 0 Å². The van der Waals surface area contributed by atoms with Gasteiger partial charge >= 0.3 is 0 Å². The molecular weight excluding hydrogens is 553 g/mol. The van der Waals surface area contributed by atoms with Crippen molar-refractivity contribution in [2.75, 3.05) is 17.4 Å². The van der Waals surface area contributed by atoms with Gasteiger partial charge in [-0.25, -0.2) is 12.8 Å². The molecule has 0 spiro atoms. The first-order valence-corrected chi connectivity index (χ1v) is 15.1. The molecule has 0 aliphatic carbocycles. The summed E-state index contributed by atoms with van der Waals surface area (Å²) >= 11 is 0. The minimum atomic E-state index is -4.35. The average Bonchev–Trinajstić information content (AvgIpc) is 3.00. The van der Waals surface area contributed by atoms with E-state index < -0.39 is 34.3 Å². The van der Waals surface area contributed by atoms with Gasteiger partial charge in [0.25, 0.3) is 10.0 Å². The highest BCUT2D eigenvalue weighted by atomic mass is 32.2. The summed E-state index contributed by atoms with van der Waals surface area (Å²) in [6.07, 6.45) is 0.204. The molecule has 0 saturated heterocycles. The Kier molecular flexibility index (Phi) is 10.1. The van der Waals surface area contributed by atoms with E-state index in [2.05, 4.69) is 5.32 Å². The molecule has 218 valence electrons. The number of carbonyl (C=O) groups excluding carboxylic acids is 2. The van der Waals surface area contributed by atoms with Crippen LogP contribution in [0.2, 0.25) is 0 Å². The van der Waals surface area contributed by atoms with Gasteiger partial charge < -0.3 is 10.2 Å². The summed E-state index contributed by atoms with van der Waals surface area (Å²) in [4.78, 5) is 29.0. The maximum atomic E-state index is 15.1. The van der Waals surface area contributed by atoms with Gasteiger partial charge in [0.1, 0.15) is 18.4 Å². The Labute approximate surface area is 246 Å². The van der Waals surface area contributed by atoms with E-state index in [9.17, 15) is 18.0 Å². The van der Waals surface area contributed by atoms with Crippen molar-refractivity contribution in [2.45, 2.75) is 37.8 Å². The molecule has 0 aliphatic heterocycles. The molecule has 9 heteroatoms. The van der Waals surface area contributed by atoms with Crippen molar-refractivity contribution in [1.82, 2.24) is 10.2 Å². The zero-order chi connectivity index (χ0) is 30.1. The van der Waals surface area contributed by atoms with Crippen LogP contribution < -0.4 is 9.62 Å². The SMILES string of the molecule is CCNC(=O)C(Cc1ccccc1)N(Cc1ccc(C)cc1)C(=O)CN(c1ccccc1F)S(=O)(=O)c1ccccc1. The predicted molar refractivity (Wildman–Crippen MR) is 162 cm³/mol. The molecule has 0 aromatic heterocycles. The third kappa shape index (κ3) is 7.41. The monoisotopic (exact) mass is 587 g/mol. The number of sulfonamides is 1. The van der Waals surface area contributed by atoms with Crippen molar-refractivity contribution in [3.8, 4) is 0 Å². The number of benzene rings is 4. The van der Waals surface area contributed by atoms with Crippen LogP contribution in [-0.2, 0) is 32.6 Å². The van der Waals surface area contributed by atoms with Gasteiger partial charge in [-0.2, -0.15) is 0 Å². The third-order valence-electron chi connectivity index (χ3n) is 6.83. The molecule has 0 aliphatic rings. The summed E-state index contributed by atoms with van der Waals surface area (Å²) in [6, 6.07) is 28.9. The first kappa shape index (κ1) is 30.5. The van der Waals surface area contributed by atoms with Crippen molar-refractivity contribution < 1.29 is 22.4 Å². The van der Waals surface area contributed by atoms with Crippen LogP contribution >= 0.6 is 0 Å². The Balaban J connectivity index is 1.79. The van der Waals surface area contributed by atoms with Gasteiger partial charge in [-0.1, -0.05) is 90.5 Å². The fourth-order valence-corrected chi connectivity index (χ4v) is 6.07. The molecule has 4 aromatic carbocycles. The highest BCUT2D eigenvalue weighted by Gasteiger charge is 2.35. The Bertz CT molecular complexity index is 1600. The van der Waals surface area contributed by atoms with Gasteiger partial charge in [0.2, 0.25) is 11.8 Å². The van der Waals surface area contributed by atoms with Crippen LogP contribution in [0.5, 0.6) is 0 Å². The summed E-state index contributed by atoms with van der Waals surface area (Å²) in [5.41, 5.74) is 2.36. The van der Waals surface area contributed by atoms with Crippen molar-refractivity contribution >= 4 is 27.5 Å². The second kappa shape index (κ2) is 13.9. The predicted octanol–water partition coefficient (Wildman–Crippen LogP) is 5.11. The summed E-state index contributed by atoms with van der Waals surface area (Å²) in [7, 11) is -4.35. The first-order chi connectivity index (χ1) is 20.2. The van der Waals surface area contributed by atoms with Crippen LogP contribution in [0.15, 0.2) is 114 Å². The lowest BCUT2D eigenvalue weighted by Gasteiger charge is -2.34. The number of aryl methyl sites for hydroxylation is 1. The Morgan fingerprint density at radius 1 is 0.810 bits per heavy atom. The number of halogens is 1. The van der Waals surface area contributed by atoms with Gasteiger partial charge in [-0.15, -0.1) is 0 Å². The van der Waals surface area contributed by atoms with E-state index in [1.165, 1.54) is 35.2 Å². The van der Waals surface area contributed by atoms with Gasteiger partial charge in [0, 0.05) is 19.5 Å². The number of para-hydroxylation sites is 1. The van der Waals surface area contributed by atoms with Gasteiger partial charge in [0.15, 0.2) is 0 Å². The van der Waals surface area contributed by atoms with Crippen LogP contribution in [0.3, 0.4) is 0 Å². The van der Waals surface area contributed by atoms with Gasteiger partial charge in [0.05, 0.1) is 10.6 Å². The molecule has 0 heterocycles. The molecule has 1 N–H and O–H groups in total. The largest absolute Gasteiger partial charge is 0.355 e. The molecule has 0 saturated carbocycles. The second-order valence-corrected chi connectivity index (χ2v) is 11.7. The first-order valence-electron chi connectivity index (χ1n) is 13.7. The highest BCUT2D eigenvalue weighted by Crippen LogP contribution is 2.27. The Morgan fingerprint density at radius 2 is 1.40 bits per heavy atom. The average molecular weight is 588 g/mol. The van der Waals surface area contributed by atoms with Crippen LogP contribution in [0.4, 0.5) is 10.1 Å². The maximum Gasteiger partial charge on any atom is 0.264 e. The quantitative estimate of drug-likeness (QED) is 0.250. The number of nitrogens with zero attached hydrogens (tertiary/aromatic N) is 2. The highest BCUT2D eigenvalue weighted by molar-refractivity contribution is 7.92. The van der Waals surface area contributed by atoms with Crippen molar-refractivity contribution in [2.24, 2.45) is 0 Å². The number of hydrogen-bond donors (Lipinski definition) is 1. The van der Waals surface area contributed by atoms with E-state index in [0.717, 1.165) is 27.1 Å². The molecule has 1 atom stereocenters. The van der Waals surface area contributed by atoms with Crippen LogP contribution in [-0.4, -0.2) is 44.3 Å². The molecule has 4 rings (SSSR count). The normalized spacial score (nSPS) is 11.9. The summed E-state index contributed by atoms with van der Waals surface area (Å²) < 4.78 is 43.6. The van der Waals surface area contributed by atoms with Gasteiger partial charge in [-0.3, -0.25) is 13.9 Å². The zero-order valence-corrected chi connectivity index (χ0v) is 24.4. The van der Waals surface area contributed by atoms with E-state index >= 15 is 4.39 Å². The molecule has 0 bridgehead atoms.